The van der Waals surface area contributed by atoms with Gasteiger partial charge in [0.05, 0.1) is 18.8 Å². The predicted octanol–water partition coefficient (Wildman–Crippen LogP) is 2.18. The molecular weight excluding hydrogens is 302 g/mol. The highest BCUT2D eigenvalue weighted by molar-refractivity contribution is 5.83. The molecule has 0 atom stereocenters. The highest BCUT2D eigenvalue weighted by Gasteiger charge is 2.14. The molecule has 5 heteroatoms. The molecule has 0 aliphatic rings. The smallest absolute Gasteiger partial charge is 0.239 e. The maximum atomic E-state index is 12.0. The summed E-state index contributed by atoms with van der Waals surface area (Å²) in [4.78, 5) is 29.4. The van der Waals surface area contributed by atoms with Gasteiger partial charge in [-0.25, -0.2) is 0 Å². The number of amides is 2. The van der Waals surface area contributed by atoms with Crippen LogP contribution in [0.4, 0.5) is 0 Å². The normalized spacial score (nSPS) is 10.2. The summed E-state index contributed by atoms with van der Waals surface area (Å²) in [6.07, 6.45) is 3.47. The summed E-state index contributed by atoms with van der Waals surface area (Å²) in [5.74, 6) is -0.283. The molecule has 2 rings (SSSR count). The molecule has 0 fully saturated rings. The molecule has 0 bridgehead atoms. The summed E-state index contributed by atoms with van der Waals surface area (Å²) in [6, 6.07) is 15.7. The molecule has 2 aromatic rings. The van der Waals surface area contributed by atoms with Crippen molar-refractivity contribution in [2.45, 2.75) is 26.3 Å². The summed E-state index contributed by atoms with van der Waals surface area (Å²) in [6.45, 7) is 2.46. The topological polar surface area (TPSA) is 62.3 Å². The first-order valence-electron chi connectivity index (χ1n) is 8.11. The van der Waals surface area contributed by atoms with Gasteiger partial charge in [0.25, 0.3) is 0 Å². The molecule has 0 spiro atoms. The molecule has 0 saturated carbocycles. The van der Waals surface area contributed by atoms with Crippen LogP contribution in [0, 0.1) is 0 Å². The quantitative estimate of drug-likeness (QED) is 0.757. The third kappa shape index (κ3) is 6.20. The zero-order valence-corrected chi connectivity index (χ0v) is 13.9. The van der Waals surface area contributed by atoms with E-state index in [0.29, 0.717) is 13.1 Å². The second kappa shape index (κ2) is 9.45. The molecule has 0 aliphatic heterocycles. The van der Waals surface area contributed by atoms with E-state index in [1.54, 1.807) is 6.20 Å². The van der Waals surface area contributed by atoms with Gasteiger partial charge in [0.2, 0.25) is 11.8 Å². The van der Waals surface area contributed by atoms with Crippen LogP contribution >= 0.6 is 0 Å². The molecule has 1 aromatic heterocycles. The maximum Gasteiger partial charge on any atom is 0.239 e. The van der Waals surface area contributed by atoms with Gasteiger partial charge in [0.1, 0.15) is 0 Å². The van der Waals surface area contributed by atoms with Crippen molar-refractivity contribution < 1.29 is 9.59 Å². The Kier molecular flexibility index (Phi) is 6.95. The Hall–Kier alpha value is -2.69. The Labute approximate surface area is 142 Å². The second-order valence-electron chi connectivity index (χ2n) is 5.64. The molecule has 0 unspecified atom stereocenters. The van der Waals surface area contributed by atoms with Crippen molar-refractivity contribution >= 4 is 11.8 Å². The minimum Gasteiger partial charge on any atom is -0.355 e. The fourth-order valence-corrected chi connectivity index (χ4v) is 2.36. The van der Waals surface area contributed by atoms with Gasteiger partial charge >= 0.3 is 0 Å². The minimum absolute atomic E-state index is 0.0528. The Morgan fingerprint density at radius 2 is 1.83 bits per heavy atom. The lowest BCUT2D eigenvalue weighted by Gasteiger charge is -2.20. The van der Waals surface area contributed by atoms with Crippen LogP contribution in [-0.2, 0) is 22.6 Å². The van der Waals surface area contributed by atoms with Crippen LogP contribution < -0.4 is 5.32 Å². The number of aromatic nitrogens is 1. The van der Waals surface area contributed by atoms with Crippen LogP contribution in [0.1, 0.15) is 24.6 Å². The molecule has 1 N–H and O–H groups in total. The number of aryl methyl sites for hydroxylation is 1. The number of hydrogen-bond donors (Lipinski definition) is 1. The van der Waals surface area contributed by atoms with E-state index in [-0.39, 0.29) is 18.4 Å². The van der Waals surface area contributed by atoms with Gasteiger partial charge in [-0.05, 0) is 30.5 Å². The zero-order valence-electron chi connectivity index (χ0n) is 13.9. The van der Waals surface area contributed by atoms with Gasteiger partial charge in [-0.15, -0.1) is 0 Å². The maximum absolute atomic E-state index is 12.0. The zero-order chi connectivity index (χ0) is 17.2. The van der Waals surface area contributed by atoms with E-state index in [0.717, 1.165) is 18.5 Å². The van der Waals surface area contributed by atoms with E-state index in [2.05, 4.69) is 22.4 Å². The molecule has 0 saturated heterocycles. The van der Waals surface area contributed by atoms with E-state index < -0.39 is 0 Å². The van der Waals surface area contributed by atoms with Crippen molar-refractivity contribution in [3.63, 3.8) is 0 Å². The van der Waals surface area contributed by atoms with Crippen molar-refractivity contribution in [2.24, 2.45) is 0 Å². The van der Waals surface area contributed by atoms with Gasteiger partial charge in [0.15, 0.2) is 0 Å². The highest BCUT2D eigenvalue weighted by Crippen LogP contribution is 2.03. The molecule has 0 aliphatic carbocycles. The Balaban J connectivity index is 1.73. The predicted molar refractivity (Wildman–Crippen MR) is 93.1 cm³/mol. The first-order valence-corrected chi connectivity index (χ1v) is 8.11. The van der Waals surface area contributed by atoms with E-state index in [4.69, 9.17) is 0 Å². The number of nitrogens with zero attached hydrogens (tertiary/aromatic N) is 2. The summed E-state index contributed by atoms with van der Waals surface area (Å²) in [7, 11) is 0. The van der Waals surface area contributed by atoms with Gasteiger partial charge in [0, 0.05) is 19.7 Å². The van der Waals surface area contributed by atoms with Crippen LogP contribution in [0.15, 0.2) is 54.7 Å². The average Bonchev–Trinajstić information content (AvgIpc) is 2.60. The summed E-state index contributed by atoms with van der Waals surface area (Å²) in [5.41, 5.74) is 2.02. The summed E-state index contributed by atoms with van der Waals surface area (Å²) >= 11 is 0. The van der Waals surface area contributed by atoms with Crippen molar-refractivity contribution in [3.05, 3.63) is 66.0 Å². The van der Waals surface area contributed by atoms with E-state index >= 15 is 0 Å². The molecule has 0 radical (unpaired) electrons. The number of benzene rings is 1. The first-order chi connectivity index (χ1) is 11.6. The Bertz CT molecular complexity index is 644. The number of carbonyl (C=O) groups excluding carboxylic acids is 2. The largest absolute Gasteiger partial charge is 0.355 e. The van der Waals surface area contributed by atoms with Gasteiger partial charge in [-0.3, -0.25) is 14.6 Å². The summed E-state index contributed by atoms with van der Waals surface area (Å²) < 4.78 is 0. The lowest BCUT2D eigenvalue weighted by Crippen LogP contribution is -2.39. The molecule has 5 nitrogen and oxygen atoms in total. The number of carbonyl (C=O) groups is 2. The molecular formula is C19H23N3O2. The van der Waals surface area contributed by atoms with Crippen molar-refractivity contribution in [1.29, 1.82) is 0 Å². The van der Waals surface area contributed by atoms with Crippen LogP contribution in [0.5, 0.6) is 0 Å². The number of rotatable bonds is 8. The van der Waals surface area contributed by atoms with E-state index in [9.17, 15) is 9.59 Å². The monoisotopic (exact) mass is 325 g/mol. The lowest BCUT2D eigenvalue weighted by atomic mass is 10.1. The molecule has 126 valence electrons. The van der Waals surface area contributed by atoms with E-state index in [1.165, 1.54) is 17.4 Å². The van der Waals surface area contributed by atoms with E-state index in [1.807, 2.05) is 36.4 Å². The third-order valence-corrected chi connectivity index (χ3v) is 3.67. The SMILES string of the molecule is CC(=O)N(CC(=O)NCCCc1ccccc1)Cc1ccccn1. The third-order valence-electron chi connectivity index (χ3n) is 3.67. The lowest BCUT2D eigenvalue weighted by molar-refractivity contribution is -0.134. The minimum atomic E-state index is -0.144. The van der Waals surface area contributed by atoms with Crippen LogP contribution in [-0.4, -0.2) is 34.8 Å². The van der Waals surface area contributed by atoms with Crippen molar-refractivity contribution in [3.8, 4) is 0 Å². The molecule has 2 amide bonds. The Morgan fingerprint density at radius 3 is 2.50 bits per heavy atom. The van der Waals surface area contributed by atoms with Gasteiger partial charge in [-0.2, -0.15) is 0 Å². The fourth-order valence-electron chi connectivity index (χ4n) is 2.36. The standard InChI is InChI=1S/C19H23N3O2/c1-16(23)22(14-18-11-5-6-12-20-18)15-19(24)21-13-7-10-17-8-3-2-4-9-17/h2-6,8-9,11-12H,7,10,13-15H2,1H3,(H,21,24). The molecule has 1 aromatic carbocycles. The number of nitrogens with one attached hydrogen (secondary N) is 1. The highest BCUT2D eigenvalue weighted by atomic mass is 16.2. The average molecular weight is 325 g/mol. The fraction of sp³-hybridized carbons (Fsp3) is 0.316. The molecule has 24 heavy (non-hydrogen) atoms. The van der Waals surface area contributed by atoms with Crippen LogP contribution in [0.3, 0.4) is 0 Å². The summed E-state index contributed by atoms with van der Waals surface area (Å²) in [5, 5.41) is 2.87. The second-order valence-corrected chi connectivity index (χ2v) is 5.64. The first kappa shape index (κ1) is 17.7. The van der Waals surface area contributed by atoms with Gasteiger partial charge < -0.3 is 10.2 Å². The Morgan fingerprint density at radius 1 is 1.08 bits per heavy atom. The van der Waals surface area contributed by atoms with Crippen LogP contribution in [0.2, 0.25) is 0 Å². The number of pyridine rings is 1. The van der Waals surface area contributed by atoms with Crippen molar-refractivity contribution in [2.75, 3.05) is 13.1 Å². The number of hydrogen-bond acceptors (Lipinski definition) is 3. The van der Waals surface area contributed by atoms with Crippen molar-refractivity contribution in [1.82, 2.24) is 15.2 Å². The van der Waals surface area contributed by atoms with Gasteiger partial charge in [-0.1, -0.05) is 36.4 Å². The van der Waals surface area contributed by atoms with Crippen LogP contribution in [0.25, 0.3) is 0 Å². The molecule has 1 heterocycles.